The maximum absolute atomic E-state index is 15.5. The number of aliphatic carboxylic acids is 1. The van der Waals surface area contributed by atoms with E-state index in [0.717, 1.165) is 127 Å². The summed E-state index contributed by atoms with van der Waals surface area (Å²) >= 11 is 1.59. The lowest BCUT2D eigenvalue weighted by Crippen LogP contribution is -2.34. The Kier molecular flexibility index (Phi) is 22.8. The van der Waals surface area contributed by atoms with Gasteiger partial charge in [-0.3, -0.25) is 9.59 Å². The molecule has 12 heteroatoms. The van der Waals surface area contributed by atoms with Gasteiger partial charge in [-0.15, -0.1) is 11.3 Å². The monoisotopic (exact) mass is 1150 g/mol. The van der Waals surface area contributed by atoms with Crippen molar-refractivity contribution in [1.82, 2.24) is 9.80 Å². The fraction of sp³-hybridized carbons (Fsp3) is 0.389. The highest BCUT2D eigenvalue weighted by molar-refractivity contribution is 7.16. The van der Waals surface area contributed by atoms with E-state index >= 15 is 14.0 Å². The Morgan fingerprint density at radius 2 is 1.02 bits per heavy atom. The average Bonchev–Trinajstić information content (AvgIpc) is 1.66. The first-order valence-electron chi connectivity index (χ1n) is 30.8. The molecule has 1 aromatic heterocycles. The summed E-state index contributed by atoms with van der Waals surface area (Å²) in [5.41, 5.74) is 7.47. The van der Waals surface area contributed by atoms with E-state index in [4.69, 9.17) is 9.47 Å². The summed E-state index contributed by atoms with van der Waals surface area (Å²) in [6.45, 7) is 15.5. The molecule has 8 rings (SSSR count). The number of hydrogen-bond acceptors (Lipinski definition) is 8. The zero-order chi connectivity index (χ0) is 59.5. The molecule has 2 aliphatic rings. The molecule has 84 heavy (non-hydrogen) atoms. The Morgan fingerprint density at radius 1 is 0.571 bits per heavy atom. The Labute approximate surface area is 501 Å². The van der Waals surface area contributed by atoms with Crippen LogP contribution in [0, 0.1) is 29.0 Å². The van der Waals surface area contributed by atoms with Crippen LogP contribution in [0.5, 0.6) is 11.5 Å². The van der Waals surface area contributed by atoms with Gasteiger partial charge in [0.25, 0.3) is 11.8 Å². The first-order chi connectivity index (χ1) is 40.9. The van der Waals surface area contributed by atoms with Crippen LogP contribution < -0.4 is 14.4 Å². The number of carbonyl (C=O) groups excluding carboxylic acids is 2. The minimum Gasteiger partial charge on any atom is -0.494 e. The van der Waals surface area contributed by atoms with E-state index in [1.54, 1.807) is 23.5 Å². The third-order valence-corrected chi connectivity index (χ3v) is 17.4. The molecule has 0 radical (unpaired) electrons. The van der Waals surface area contributed by atoms with Crippen LogP contribution in [0.15, 0.2) is 144 Å². The van der Waals surface area contributed by atoms with E-state index in [-0.39, 0.29) is 29.2 Å². The van der Waals surface area contributed by atoms with Crippen LogP contribution in [0.4, 0.5) is 21.5 Å². The first-order valence-corrected chi connectivity index (χ1v) is 31.6. The normalized spacial score (nSPS) is 14.1. The second kappa shape index (κ2) is 30.7. The number of hydrogen-bond donors (Lipinski definition) is 1. The molecule has 1 N–H and O–H groups in total. The lowest BCUT2D eigenvalue weighted by Gasteiger charge is -2.29. The number of nitriles is 1. The Balaban J connectivity index is 1.16. The van der Waals surface area contributed by atoms with Crippen LogP contribution in [0.3, 0.4) is 0 Å². The SMILES string of the molecule is CCCCCCOc1ccc(N(c2ccc(OCCCCCC)cc2)c2ccc(-c3ccc(C4=C5C(=O)N(CC(CC)CCCC)C(c6ccc(-c7ccc(/C=C(\C#N)C(=O)O)c(F)c7)cc6)=C5C(=O)N4CC(CC)CCCC)s3)cc2)cc1. The number of amides is 2. The second-order valence-electron chi connectivity index (χ2n) is 22.3. The summed E-state index contributed by atoms with van der Waals surface area (Å²) in [6.07, 6.45) is 18.0. The Hall–Kier alpha value is -7.75. The summed E-state index contributed by atoms with van der Waals surface area (Å²) < 4.78 is 27.8. The van der Waals surface area contributed by atoms with Crippen molar-refractivity contribution in [1.29, 1.82) is 5.26 Å². The summed E-state index contributed by atoms with van der Waals surface area (Å²) in [5.74, 6) is -0.324. The van der Waals surface area contributed by atoms with Crippen molar-refractivity contribution in [3.8, 4) is 39.1 Å². The van der Waals surface area contributed by atoms with Gasteiger partial charge in [-0.2, -0.15) is 5.26 Å². The Bertz CT molecular complexity index is 3260. The van der Waals surface area contributed by atoms with Crippen LogP contribution in [0.2, 0.25) is 0 Å². The molecular weight excluding hydrogens is 1070 g/mol. The van der Waals surface area contributed by atoms with E-state index in [1.165, 1.54) is 37.8 Å². The number of anilines is 3. The highest BCUT2D eigenvalue weighted by Crippen LogP contribution is 2.50. The van der Waals surface area contributed by atoms with Gasteiger partial charge in [0, 0.05) is 40.6 Å². The lowest BCUT2D eigenvalue weighted by atomic mass is 9.97. The molecule has 5 aromatic carbocycles. The van der Waals surface area contributed by atoms with Crippen LogP contribution in [-0.4, -0.2) is 59.0 Å². The number of ether oxygens (including phenoxy) is 2. The summed E-state index contributed by atoms with van der Waals surface area (Å²) in [5, 5.41) is 18.6. The van der Waals surface area contributed by atoms with Gasteiger partial charge < -0.3 is 29.3 Å². The van der Waals surface area contributed by atoms with Crippen molar-refractivity contribution in [3.05, 3.63) is 166 Å². The predicted molar refractivity (Wildman–Crippen MR) is 341 cm³/mol. The van der Waals surface area contributed by atoms with Crippen LogP contribution in [0.1, 0.15) is 160 Å². The number of thiophene rings is 1. The topological polar surface area (TPSA) is 123 Å². The summed E-state index contributed by atoms with van der Waals surface area (Å²) in [7, 11) is 0. The molecule has 2 amide bonds. The molecule has 440 valence electrons. The van der Waals surface area contributed by atoms with Crippen molar-refractivity contribution in [3.63, 3.8) is 0 Å². The Morgan fingerprint density at radius 3 is 1.50 bits per heavy atom. The molecule has 2 unspecified atom stereocenters. The molecule has 0 bridgehead atoms. The van der Waals surface area contributed by atoms with Gasteiger partial charge >= 0.3 is 5.97 Å². The molecule has 6 aromatic rings. The number of unbranched alkanes of at least 4 members (excludes halogenated alkanes) is 8. The minimum absolute atomic E-state index is 0.0133. The molecule has 2 aliphatic heterocycles. The van der Waals surface area contributed by atoms with E-state index in [1.807, 2.05) is 58.3 Å². The van der Waals surface area contributed by atoms with Crippen molar-refractivity contribution < 1.29 is 33.4 Å². The first kappa shape index (κ1) is 62.3. The van der Waals surface area contributed by atoms with Crippen LogP contribution >= 0.6 is 11.3 Å². The van der Waals surface area contributed by atoms with Gasteiger partial charge in [0.05, 0.1) is 40.6 Å². The van der Waals surface area contributed by atoms with Gasteiger partial charge in [0.2, 0.25) is 0 Å². The van der Waals surface area contributed by atoms with E-state index < -0.39 is 17.4 Å². The smallest absolute Gasteiger partial charge is 0.346 e. The maximum Gasteiger partial charge on any atom is 0.346 e. The van der Waals surface area contributed by atoms with Gasteiger partial charge in [0.1, 0.15) is 29.0 Å². The predicted octanol–water partition coefficient (Wildman–Crippen LogP) is 18.8. The van der Waals surface area contributed by atoms with Crippen molar-refractivity contribution in [2.45, 2.75) is 144 Å². The highest BCUT2D eigenvalue weighted by Gasteiger charge is 2.49. The minimum atomic E-state index is -1.43. The number of carboxylic acid groups (broad SMARTS) is 1. The van der Waals surface area contributed by atoms with Gasteiger partial charge in [0.15, 0.2) is 0 Å². The number of halogens is 1. The van der Waals surface area contributed by atoms with E-state index in [9.17, 15) is 15.2 Å². The molecule has 0 spiro atoms. The van der Waals surface area contributed by atoms with Crippen LogP contribution in [0.25, 0.3) is 39.0 Å². The second-order valence-corrected chi connectivity index (χ2v) is 23.3. The summed E-state index contributed by atoms with van der Waals surface area (Å²) in [4.78, 5) is 50.4. The average molecular weight is 1150 g/mol. The molecule has 10 nitrogen and oxygen atoms in total. The number of carbonyl (C=O) groups is 3. The molecule has 0 saturated heterocycles. The molecule has 0 aliphatic carbocycles. The summed E-state index contributed by atoms with van der Waals surface area (Å²) in [6, 6.07) is 43.0. The standard InChI is InChI=1S/C72H83FN4O6S/c1-7-13-17-19-43-82-61-37-33-59(34-38-61)77(60-35-39-62(40-36-60)83-44-20-18-14-8-2)58-31-29-53(30-32-58)64-41-42-65(84-64)69-67-66(70(78)76(69)49-51(12-6)22-16-10-4)68(75(71(67)79)48-50(11-5)21-15-9-3)54-25-23-52(24-26-54)55-27-28-56(63(73)46-55)45-57(47-74)72(80)81/h23-42,45-46,50-51H,7-22,43-44,48-49H2,1-6H3,(H,80,81)/b57-45+. The zero-order valence-corrected chi connectivity index (χ0v) is 50.9. The molecule has 3 heterocycles. The van der Waals surface area contributed by atoms with Crippen molar-refractivity contribution in [2.75, 3.05) is 31.2 Å². The fourth-order valence-electron chi connectivity index (χ4n) is 11.3. The van der Waals surface area contributed by atoms with Gasteiger partial charge in [-0.25, -0.2) is 9.18 Å². The van der Waals surface area contributed by atoms with Crippen LogP contribution in [-0.2, 0) is 14.4 Å². The third-order valence-electron chi connectivity index (χ3n) is 16.3. The highest BCUT2D eigenvalue weighted by atomic mass is 32.1. The zero-order valence-electron chi connectivity index (χ0n) is 50.1. The number of fused-ring (bicyclic) bond motifs is 1. The van der Waals surface area contributed by atoms with E-state index in [2.05, 4.69) is 107 Å². The lowest BCUT2D eigenvalue weighted by molar-refractivity contribution is -0.132. The maximum atomic E-state index is 15.5. The molecular formula is C72H83FN4O6S. The number of carboxylic acids is 1. The number of rotatable bonds is 33. The van der Waals surface area contributed by atoms with Crippen molar-refractivity contribution in [2.24, 2.45) is 11.8 Å². The van der Waals surface area contributed by atoms with Crippen molar-refractivity contribution >= 4 is 63.7 Å². The molecule has 2 atom stereocenters. The number of benzene rings is 5. The molecule has 0 saturated carbocycles. The largest absolute Gasteiger partial charge is 0.494 e. The molecule has 0 fully saturated rings. The number of nitrogens with zero attached hydrogens (tertiary/aromatic N) is 4. The van der Waals surface area contributed by atoms with Gasteiger partial charge in [-0.05, 0) is 145 Å². The quantitative estimate of drug-likeness (QED) is 0.0246. The van der Waals surface area contributed by atoms with E-state index in [0.29, 0.717) is 65.5 Å². The third kappa shape index (κ3) is 15.1. The fourth-order valence-corrected chi connectivity index (χ4v) is 12.3. The van der Waals surface area contributed by atoms with Gasteiger partial charge in [-0.1, -0.05) is 167 Å².